The van der Waals surface area contributed by atoms with Crippen LogP contribution in [0, 0.1) is 0 Å². The third-order valence-electron chi connectivity index (χ3n) is 11.6. The maximum Gasteiger partial charge on any atom is 0.306 e. The summed E-state index contributed by atoms with van der Waals surface area (Å²) in [4.78, 5) is 38.0. The summed E-state index contributed by atoms with van der Waals surface area (Å²) in [6.45, 7) is 6.61. The van der Waals surface area contributed by atoms with E-state index >= 15 is 0 Å². The van der Waals surface area contributed by atoms with Crippen LogP contribution in [-0.2, 0) is 28.6 Å². The van der Waals surface area contributed by atoms with Crippen LogP contribution in [0.4, 0.5) is 0 Å². The fourth-order valence-electron chi connectivity index (χ4n) is 7.59. The van der Waals surface area contributed by atoms with E-state index in [2.05, 4.69) is 57.2 Å². The van der Waals surface area contributed by atoms with Gasteiger partial charge in [-0.25, -0.2) is 0 Å². The Labute approximate surface area is 378 Å². The zero-order valence-electron chi connectivity index (χ0n) is 40.7. The summed E-state index contributed by atoms with van der Waals surface area (Å²) in [7, 11) is 0. The van der Waals surface area contributed by atoms with Gasteiger partial charge in [-0.1, -0.05) is 218 Å². The molecule has 0 fully saturated rings. The molecule has 0 bridgehead atoms. The number of carbonyl (C=O) groups is 3. The van der Waals surface area contributed by atoms with E-state index in [1.807, 2.05) is 0 Å². The predicted octanol–water partition coefficient (Wildman–Crippen LogP) is 17.3. The van der Waals surface area contributed by atoms with E-state index in [0.29, 0.717) is 19.3 Å². The first-order valence-electron chi connectivity index (χ1n) is 26.5. The maximum absolute atomic E-state index is 12.8. The molecule has 0 saturated carbocycles. The van der Waals surface area contributed by atoms with Gasteiger partial charge in [0.1, 0.15) is 13.2 Å². The summed E-state index contributed by atoms with van der Waals surface area (Å²) in [6.07, 6.45) is 58.3. The summed E-state index contributed by atoms with van der Waals surface area (Å²) >= 11 is 0. The molecule has 0 amide bonds. The van der Waals surface area contributed by atoms with Crippen molar-refractivity contribution in [2.75, 3.05) is 13.2 Å². The molecule has 0 aromatic rings. The molecule has 0 aliphatic carbocycles. The predicted molar refractivity (Wildman–Crippen MR) is 261 cm³/mol. The number of esters is 3. The van der Waals surface area contributed by atoms with Gasteiger partial charge >= 0.3 is 17.9 Å². The second-order valence-electron chi connectivity index (χ2n) is 17.8. The van der Waals surface area contributed by atoms with Crippen LogP contribution in [0.25, 0.3) is 0 Å². The van der Waals surface area contributed by atoms with E-state index in [4.69, 9.17) is 14.2 Å². The number of rotatable bonds is 48. The van der Waals surface area contributed by atoms with Gasteiger partial charge in [0.05, 0.1) is 0 Å². The Kier molecular flexibility index (Phi) is 48.3. The van der Waals surface area contributed by atoms with Crippen molar-refractivity contribution in [3.05, 3.63) is 36.5 Å². The molecule has 6 nitrogen and oxygen atoms in total. The van der Waals surface area contributed by atoms with Crippen LogP contribution in [0.5, 0.6) is 0 Å². The molecule has 0 aliphatic heterocycles. The van der Waals surface area contributed by atoms with Gasteiger partial charge in [-0.3, -0.25) is 14.4 Å². The Balaban J connectivity index is 4.39. The Morgan fingerprint density at radius 3 is 0.951 bits per heavy atom. The van der Waals surface area contributed by atoms with Gasteiger partial charge in [-0.15, -0.1) is 0 Å². The molecule has 0 saturated heterocycles. The molecule has 0 aromatic carbocycles. The molecule has 0 aliphatic rings. The van der Waals surface area contributed by atoms with Crippen molar-refractivity contribution in [2.45, 2.75) is 284 Å². The molecular formula is C55H100O6. The van der Waals surface area contributed by atoms with E-state index in [0.717, 1.165) is 89.9 Å². The SMILES string of the molecule is CCCCC/C=C\C/C=C\CCCCCCCC(=O)O[C@@H](COC(=O)CCCCCCC/C=C\CCCCCCCC)COC(=O)CCCCCCCCCCCCCCC. The highest BCUT2D eigenvalue weighted by atomic mass is 16.6. The molecule has 0 heterocycles. The smallest absolute Gasteiger partial charge is 0.306 e. The summed E-state index contributed by atoms with van der Waals surface area (Å²) < 4.78 is 16.8. The topological polar surface area (TPSA) is 78.9 Å². The summed E-state index contributed by atoms with van der Waals surface area (Å²) in [5.41, 5.74) is 0. The Morgan fingerprint density at radius 2 is 0.590 bits per heavy atom. The van der Waals surface area contributed by atoms with Crippen molar-refractivity contribution in [2.24, 2.45) is 0 Å². The van der Waals surface area contributed by atoms with Crippen LogP contribution >= 0.6 is 0 Å². The van der Waals surface area contributed by atoms with Crippen molar-refractivity contribution in [3.8, 4) is 0 Å². The van der Waals surface area contributed by atoms with E-state index in [1.165, 1.54) is 148 Å². The summed E-state index contributed by atoms with van der Waals surface area (Å²) in [6, 6.07) is 0. The lowest BCUT2D eigenvalue weighted by Crippen LogP contribution is -2.30. The number of carbonyl (C=O) groups excluding carboxylic acids is 3. The van der Waals surface area contributed by atoms with Crippen LogP contribution in [0.3, 0.4) is 0 Å². The van der Waals surface area contributed by atoms with Crippen molar-refractivity contribution < 1.29 is 28.6 Å². The first kappa shape index (κ1) is 58.6. The van der Waals surface area contributed by atoms with Crippen LogP contribution in [0.15, 0.2) is 36.5 Å². The highest BCUT2D eigenvalue weighted by molar-refractivity contribution is 5.71. The second-order valence-corrected chi connectivity index (χ2v) is 17.8. The minimum absolute atomic E-state index is 0.0775. The minimum Gasteiger partial charge on any atom is -0.462 e. The molecule has 1 atom stereocenters. The van der Waals surface area contributed by atoms with Gasteiger partial charge in [0.25, 0.3) is 0 Å². The number of ether oxygens (including phenoxy) is 3. The molecule has 0 rings (SSSR count). The standard InChI is InChI=1S/C55H100O6/c1-4-7-10-13-16-19-22-25-27-30-33-36-39-42-45-48-54(57)60-51-52(50-59-53(56)47-44-41-38-35-32-29-24-21-18-15-12-9-6-3)61-55(58)49-46-43-40-37-34-31-28-26-23-20-17-14-11-8-5-2/h17,20,25-28,52H,4-16,18-19,21-24,29-51H2,1-3H3/b20-17-,27-25-,28-26-/t52-/m1/s1. The molecule has 356 valence electrons. The van der Waals surface area contributed by atoms with Gasteiger partial charge in [0.15, 0.2) is 6.10 Å². The number of hydrogen-bond acceptors (Lipinski definition) is 6. The molecular weight excluding hydrogens is 757 g/mol. The van der Waals surface area contributed by atoms with Crippen LogP contribution < -0.4 is 0 Å². The zero-order valence-corrected chi connectivity index (χ0v) is 40.7. The number of unbranched alkanes of at least 4 members (excludes halogenated alkanes) is 31. The quantitative estimate of drug-likeness (QED) is 0.0262. The Bertz CT molecular complexity index is 1030. The lowest BCUT2D eigenvalue weighted by Gasteiger charge is -2.18. The van der Waals surface area contributed by atoms with E-state index in [9.17, 15) is 14.4 Å². The Morgan fingerprint density at radius 1 is 0.328 bits per heavy atom. The third-order valence-corrected chi connectivity index (χ3v) is 11.6. The maximum atomic E-state index is 12.8. The largest absolute Gasteiger partial charge is 0.462 e. The lowest BCUT2D eigenvalue weighted by molar-refractivity contribution is -0.167. The second kappa shape index (κ2) is 50.3. The van der Waals surface area contributed by atoms with E-state index in [1.54, 1.807) is 0 Å². The third kappa shape index (κ3) is 48.5. The van der Waals surface area contributed by atoms with Crippen LogP contribution in [0.1, 0.15) is 278 Å². The van der Waals surface area contributed by atoms with Crippen molar-refractivity contribution in [1.29, 1.82) is 0 Å². The minimum atomic E-state index is -0.779. The average molecular weight is 857 g/mol. The molecule has 0 aromatic heterocycles. The molecule has 61 heavy (non-hydrogen) atoms. The average Bonchev–Trinajstić information content (AvgIpc) is 3.26. The lowest BCUT2D eigenvalue weighted by atomic mass is 10.0. The molecule has 0 unspecified atom stereocenters. The van der Waals surface area contributed by atoms with Gasteiger partial charge in [-0.05, 0) is 77.0 Å². The van der Waals surface area contributed by atoms with Gasteiger partial charge in [-0.2, -0.15) is 0 Å². The fourth-order valence-corrected chi connectivity index (χ4v) is 7.59. The number of allylic oxidation sites excluding steroid dienone is 6. The molecule has 0 spiro atoms. The van der Waals surface area contributed by atoms with Crippen molar-refractivity contribution in [3.63, 3.8) is 0 Å². The Hall–Kier alpha value is -2.37. The van der Waals surface area contributed by atoms with Gasteiger partial charge in [0, 0.05) is 19.3 Å². The summed E-state index contributed by atoms with van der Waals surface area (Å²) in [5, 5.41) is 0. The van der Waals surface area contributed by atoms with Gasteiger partial charge < -0.3 is 14.2 Å². The first-order valence-corrected chi connectivity index (χ1v) is 26.5. The molecule has 6 heteroatoms. The van der Waals surface area contributed by atoms with Gasteiger partial charge in [0.2, 0.25) is 0 Å². The fraction of sp³-hybridized carbons (Fsp3) is 0.836. The zero-order chi connectivity index (χ0) is 44.4. The monoisotopic (exact) mass is 857 g/mol. The first-order chi connectivity index (χ1) is 30.0. The van der Waals surface area contributed by atoms with Crippen LogP contribution in [-0.4, -0.2) is 37.2 Å². The highest BCUT2D eigenvalue weighted by Crippen LogP contribution is 2.15. The van der Waals surface area contributed by atoms with Crippen molar-refractivity contribution in [1.82, 2.24) is 0 Å². The number of hydrogen-bond donors (Lipinski definition) is 0. The highest BCUT2D eigenvalue weighted by Gasteiger charge is 2.19. The van der Waals surface area contributed by atoms with E-state index in [-0.39, 0.29) is 31.1 Å². The normalized spacial score (nSPS) is 12.2. The summed E-state index contributed by atoms with van der Waals surface area (Å²) in [5.74, 6) is -0.889. The molecule has 0 N–H and O–H groups in total. The van der Waals surface area contributed by atoms with Crippen molar-refractivity contribution >= 4 is 17.9 Å². The molecule has 0 radical (unpaired) electrons. The van der Waals surface area contributed by atoms with Crippen LogP contribution in [0.2, 0.25) is 0 Å². The van der Waals surface area contributed by atoms with E-state index < -0.39 is 6.10 Å².